The highest BCUT2D eigenvalue weighted by molar-refractivity contribution is 7.93. The number of esters is 1. The lowest BCUT2D eigenvalue weighted by molar-refractivity contribution is -0.134. The second kappa shape index (κ2) is 8.99. The van der Waals surface area contributed by atoms with Crippen molar-refractivity contribution < 1.29 is 22.7 Å². The molecule has 0 bridgehead atoms. The van der Waals surface area contributed by atoms with Crippen LogP contribution in [0.25, 0.3) is 21.1 Å². The third-order valence-electron chi connectivity index (χ3n) is 4.86. The van der Waals surface area contributed by atoms with Crippen molar-refractivity contribution in [1.82, 2.24) is 15.0 Å². The average molecular weight is 499 g/mol. The minimum Gasteiger partial charge on any atom is -0.466 e. The highest BCUT2D eigenvalue weighted by atomic mass is 32.2. The third-order valence-corrected chi connectivity index (χ3v) is 8.34. The number of carbonyl (C=O) groups is 1. The summed E-state index contributed by atoms with van der Waals surface area (Å²) in [5.74, 6) is -0.388. The van der Waals surface area contributed by atoms with Gasteiger partial charge in [0.1, 0.15) is 12.1 Å². The van der Waals surface area contributed by atoms with Crippen molar-refractivity contribution in [2.45, 2.75) is 30.4 Å². The van der Waals surface area contributed by atoms with Crippen molar-refractivity contribution in [1.29, 1.82) is 0 Å². The lowest BCUT2D eigenvalue weighted by Crippen LogP contribution is -2.28. The zero-order valence-corrected chi connectivity index (χ0v) is 20.5. The molecule has 0 radical (unpaired) electrons. The molecule has 34 heavy (non-hydrogen) atoms. The molecule has 0 amide bonds. The first-order chi connectivity index (χ1) is 16.1. The third kappa shape index (κ3) is 4.57. The van der Waals surface area contributed by atoms with E-state index in [2.05, 4.69) is 25.0 Å². The van der Waals surface area contributed by atoms with Gasteiger partial charge in [0, 0.05) is 0 Å². The molecule has 0 saturated carbocycles. The zero-order chi connectivity index (χ0) is 24.5. The van der Waals surface area contributed by atoms with E-state index in [4.69, 9.17) is 4.74 Å². The van der Waals surface area contributed by atoms with Gasteiger partial charge in [-0.3, -0.25) is 0 Å². The van der Waals surface area contributed by atoms with Gasteiger partial charge in [0.05, 0.1) is 43.9 Å². The molecular weight excluding hydrogens is 476 g/mol. The highest BCUT2D eigenvalue weighted by Crippen LogP contribution is 2.37. The number of benzene rings is 2. The quantitative estimate of drug-likeness (QED) is 0.231. The number of sulfone groups is 1. The summed E-state index contributed by atoms with van der Waals surface area (Å²) >= 11 is 1.40. The van der Waals surface area contributed by atoms with Gasteiger partial charge in [0.25, 0.3) is 0 Å². The van der Waals surface area contributed by atoms with Crippen molar-refractivity contribution >= 4 is 59.2 Å². The van der Waals surface area contributed by atoms with Crippen LogP contribution < -0.4 is 10.1 Å². The van der Waals surface area contributed by atoms with E-state index in [0.29, 0.717) is 16.0 Å². The van der Waals surface area contributed by atoms with E-state index in [9.17, 15) is 13.2 Å². The van der Waals surface area contributed by atoms with Crippen LogP contribution in [0.2, 0.25) is 0 Å². The molecule has 0 atom stereocenters. The lowest BCUT2D eigenvalue weighted by atomic mass is 10.2. The number of thiazole rings is 1. The summed E-state index contributed by atoms with van der Waals surface area (Å²) < 4.78 is 36.6. The molecule has 0 unspecified atom stereocenters. The first-order valence-corrected chi connectivity index (χ1v) is 12.5. The van der Waals surface area contributed by atoms with E-state index in [1.807, 2.05) is 24.3 Å². The molecule has 0 fully saturated rings. The van der Waals surface area contributed by atoms with Gasteiger partial charge in [-0.2, -0.15) is 9.97 Å². The van der Waals surface area contributed by atoms with Gasteiger partial charge in [-0.15, -0.1) is 0 Å². The second-order valence-corrected chi connectivity index (χ2v) is 11.9. The number of carbonyl (C=O) groups excluding carboxylic acids is 1. The van der Waals surface area contributed by atoms with E-state index < -0.39 is 20.6 Å². The summed E-state index contributed by atoms with van der Waals surface area (Å²) in [6.07, 6.45) is 2.18. The minimum atomic E-state index is -3.74. The summed E-state index contributed by atoms with van der Waals surface area (Å²) in [6, 6.07) is 12.4. The van der Waals surface area contributed by atoms with E-state index in [-0.39, 0.29) is 16.7 Å². The second-order valence-electron chi connectivity index (χ2n) is 8.18. The van der Waals surface area contributed by atoms with Crippen molar-refractivity contribution in [3.63, 3.8) is 0 Å². The summed E-state index contributed by atoms with van der Waals surface area (Å²) in [5.41, 5.74) is 1.15. The Labute approximate surface area is 200 Å². The Balaban J connectivity index is 1.89. The molecule has 4 aromatic rings. The van der Waals surface area contributed by atoms with Gasteiger partial charge < -0.3 is 14.8 Å². The van der Waals surface area contributed by atoms with Gasteiger partial charge in [0.2, 0.25) is 0 Å². The van der Waals surface area contributed by atoms with Crippen molar-refractivity contribution in [2.75, 3.05) is 12.4 Å². The number of aromatic nitrogens is 3. The molecule has 0 aliphatic carbocycles. The van der Waals surface area contributed by atoms with Crippen LogP contribution in [0, 0.1) is 0 Å². The van der Waals surface area contributed by atoms with E-state index in [1.165, 1.54) is 24.5 Å². The predicted molar refractivity (Wildman–Crippen MR) is 131 cm³/mol. The summed E-state index contributed by atoms with van der Waals surface area (Å²) in [6.45, 7) is 4.91. The topological polar surface area (TPSA) is 120 Å². The van der Waals surface area contributed by atoms with Crippen molar-refractivity contribution in [3.05, 3.63) is 54.8 Å². The van der Waals surface area contributed by atoms with Crippen LogP contribution >= 0.6 is 11.3 Å². The summed E-state index contributed by atoms with van der Waals surface area (Å²) in [4.78, 5) is 24.7. The first-order valence-electron chi connectivity index (χ1n) is 10.2. The number of ether oxygens (including phenoxy) is 2. The maximum atomic E-state index is 13.4. The van der Waals surface area contributed by atoms with Crippen LogP contribution in [-0.2, 0) is 19.4 Å². The van der Waals surface area contributed by atoms with E-state index >= 15 is 0 Å². The Bertz CT molecular complexity index is 1490. The smallest absolute Gasteiger partial charge is 0.333 e. The zero-order valence-electron chi connectivity index (χ0n) is 18.9. The van der Waals surface area contributed by atoms with Gasteiger partial charge in [-0.05, 0) is 45.0 Å². The molecule has 1 N–H and O–H groups in total. The van der Waals surface area contributed by atoms with Crippen LogP contribution in [0.4, 0.5) is 10.9 Å². The monoisotopic (exact) mass is 498 g/mol. The first kappa shape index (κ1) is 23.6. The molecule has 0 aliphatic rings. The Hall–Kier alpha value is -3.57. The van der Waals surface area contributed by atoms with Gasteiger partial charge in [-0.25, -0.2) is 18.2 Å². The van der Waals surface area contributed by atoms with Gasteiger partial charge >= 0.3 is 12.0 Å². The Morgan fingerprint density at radius 1 is 1.03 bits per heavy atom. The number of fused-ring (bicyclic) bond motifs is 2. The molecule has 2 aromatic carbocycles. The normalized spacial score (nSPS) is 12.4. The number of para-hydroxylation sites is 1. The van der Waals surface area contributed by atoms with Crippen LogP contribution in [-0.4, -0.2) is 41.2 Å². The maximum absolute atomic E-state index is 13.4. The summed E-state index contributed by atoms with van der Waals surface area (Å²) in [5, 5.41) is 4.00. The van der Waals surface area contributed by atoms with Crippen molar-refractivity contribution in [2.24, 2.45) is 0 Å². The largest absolute Gasteiger partial charge is 0.466 e. The Morgan fingerprint density at radius 3 is 2.47 bits per heavy atom. The molecule has 0 spiro atoms. The molecular formula is C23H22N4O5S2. The highest BCUT2D eigenvalue weighted by Gasteiger charge is 2.33. The van der Waals surface area contributed by atoms with E-state index in [0.717, 1.165) is 22.6 Å². The SMILES string of the molecule is COC(=O)/C=C/Oc1nc(Nc2nc3ccccc3s2)c2c(S(=O)(=O)C(C)(C)C)cccc2n1. The van der Waals surface area contributed by atoms with Crippen LogP contribution in [0.5, 0.6) is 6.01 Å². The Kier molecular flexibility index (Phi) is 6.24. The van der Waals surface area contributed by atoms with Gasteiger partial charge in [0.15, 0.2) is 15.0 Å². The number of hydrogen-bond acceptors (Lipinski definition) is 10. The molecule has 2 heterocycles. The fourth-order valence-corrected chi connectivity index (χ4v) is 5.33. The fourth-order valence-electron chi connectivity index (χ4n) is 3.07. The van der Waals surface area contributed by atoms with E-state index in [1.54, 1.807) is 32.9 Å². The summed E-state index contributed by atoms with van der Waals surface area (Å²) in [7, 11) is -2.49. The molecule has 0 saturated heterocycles. The van der Waals surface area contributed by atoms with Gasteiger partial charge in [-0.1, -0.05) is 29.5 Å². The van der Waals surface area contributed by atoms with Crippen LogP contribution in [0.3, 0.4) is 0 Å². The molecule has 9 nitrogen and oxygen atoms in total. The van der Waals surface area contributed by atoms with Crippen LogP contribution in [0.1, 0.15) is 20.8 Å². The maximum Gasteiger partial charge on any atom is 0.333 e. The lowest BCUT2D eigenvalue weighted by Gasteiger charge is -2.21. The Morgan fingerprint density at radius 2 is 1.76 bits per heavy atom. The minimum absolute atomic E-state index is 0.0819. The molecule has 11 heteroatoms. The van der Waals surface area contributed by atoms with Crippen LogP contribution in [0.15, 0.2) is 59.7 Å². The fraction of sp³-hybridized carbons (Fsp3) is 0.217. The predicted octanol–water partition coefficient (Wildman–Crippen LogP) is 4.62. The number of nitrogens with one attached hydrogen (secondary N) is 1. The number of nitrogens with zero attached hydrogens (tertiary/aromatic N) is 3. The number of hydrogen-bond donors (Lipinski definition) is 1. The van der Waals surface area contributed by atoms with Crippen molar-refractivity contribution in [3.8, 4) is 6.01 Å². The molecule has 176 valence electrons. The standard InChI is InChI=1S/C23H22N4O5S2/c1-23(2,3)34(29,30)17-11-7-9-15-19(17)20(26-21(24-15)32-13-12-18(28)31-4)27-22-25-14-8-5-6-10-16(14)33-22/h5-13H,1-4H3,(H,24,25,26,27)/b13-12+. The molecule has 0 aliphatic heterocycles. The molecule has 2 aromatic heterocycles. The average Bonchev–Trinajstić information content (AvgIpc) is 3.20. The number of rotatable bonds is 6. The number of anilines is 2. The molecule has 4 rings (SSSR count). The number of methoxy groups -OCH3 is 1.